The minimum absolute atomic E-state index is 0.127. The van der Waals surface area contributed by atoms with Gasteiger partial charge >= 0.3 is 0 Å². The van der Waals surface area contributed by atoms with Crippen molar-refractivity contribution in [2.45, 2.75) is 30.4 Å². The van der Waals surface area contributed by atoms with Crippen LogP contribution in [-0.4, -0.2) is 40.1 Å². The summed E-state index contributed by atoms with van der Waals surface area (Å²) in [4.78, 5) is 12.6. The van der Waals surface area contributed by atoms with E-state index >= 15 is 0 Å². The van der Waals surface area contributed by atoms with Gasteiger partial charge in [-0.3, -0.25) is 4.79 Å². The molecule has 9 heteroatoms. The van der Waals surface area contributed by atoms with Crippen LogP contribution in [0.1, 0.15) is 25.8 Å². The second-order valence-corrected chi connectivity index (χ2v) is 8.10. The minimum Gasteiger partial charge on any atom is -0.497 e. The molecule has 0 bridgehead atoms. The Labute approximate surface area is 185 Å². The Hall–Kier alpha value is -3.20. The molecule has 0 radical (unpaired) electrons. The summed E-state index contributed by atoms with van der Waals surface area (Å²) in [5.74, 6) is 2.53. The van der Waals surface area contributed by atoms with Crippen molar-refractivity contribution >= 4 is 23.4 Å². The summed E-state index contributed by atoms with van der Waals surface area (Å²) in [5.41, 5.74) is 0.704. The van der Waals surface area contributed by atoms with Gasteiger partial charge in [0, 0.05) is 12.7 Å². The monoisotopic (exact) mass is 442 g/mol. The summed E-state index contributed by atoms with van der Waals surface area (Å²) >= 11 is 1.33. The molecule has 3 rings (SSSR count). The van der Waals surface area contributed by atoms with Crippen LogP contribution < -0.4 is 19.5 Å². The standard InChI is InChI=1S/C22H26N4O4S/c1-14(30-19-9-7-6-8-18(19)29-5)20-24-25-22(26(20)3)31-15(2)21(27)23-16-10-12-17(28-4)13-11-16/h6-15H,1-5H3,(H,23,27). The van der Waals surface area contributed by atoms with Crippen molar-refractivity contribution in [2.75, 3.05) is 19.5 Å². The Morgan fingerprint density at radius 2 is 1.68 bits per heavy atom. The smallest absolute Gasteiger partial charge is 0.237 e. The Kier molecular flexibility index (Phi) is 7.41. The topological polar surface area (TPSA) is 87.5 Å². The predicted octanol–water partition coefficient (Wildman–Crippen LogP) is 4.09. The van der Waals surface area contributed by atoms with Crippen LogP contribution in [0.5, 0.6) is 17.2 Å². The zero-order valence-corrected chi connectivity index (χ0v) is 19.0. The van der Waals surface area contributed by atoms with Crippen LogP contribution >= 0.6 is 11.8 Å². The van der Waals surface area contributed by atoms with E-state index < -0.39 is 0 Å². The number of aromatic nitrogens is 3. The number of ether oxygens (including phenoxy) is 3. The van der Waals surface area contributed by atoms with Crippen LogP contribution in [-0.2, 0) is 11.8 Å². The fourth-order valence-electron chi connectivity index (χ4n) is 2.87. The number of anilines is 1. The normalized spacial score (nSPS) is 12.7. The number of hydrogen-bond donors (Lipinski definition) is 1. The molecule has 3 aromatic rings. The molecular formula is C22H26N4O4S. The molecule has 1 amide bonds. The molecule has 0 saturated carbocycles. The molecule has 0 aliphatic heterocycles. The molecule has 1 aromatic heterocycles. The maximum absolute atomic E-state index is 12.6. The number of rotatable bonds is 9. The molecule has 1 heterocycles. The maximum atomic E-state index is 12.6. The third kappa shape index (κ3) is 5.49. The summed E-state index contributed by atoms with van der Waals surface area (Å²) in [6.07, 6.45) is -0.355. The van der Waals surface area contributed by atoms with Gasteiger partial charge in [-0.25, -0.2) is 0 Å². The first-order chi connectivity index (χ1) is 14.9. The fraction of sp³-hybridized carbons (Fsp3) is 0.318. The van der Waals surface area contributed by atoms with Crippen molar-refractivity contribution < 1.29 is 19.0 Å². The molecule has 0 saturated heterocycles. The van der Waals surface area contributed by atoms with E-state index in [-0.39, 0.29) is 17.3 Å². The predicted molar refractivity (Wildman–Crippen MR) is 120 cm³/mol. The van der Waals surface area contributed by atoms with E-state index in [0.29, 0.717) is 28.2 Å². The highest BCUT2D eigenvalue weighted by Crippen LogP contribution is 2.31. The van der Waals surface area contributed by atoms with Crippen LogP contribution in [0.3, 0.4) is 0 Å². The van der Waals surface area contributed by atoms with Gasteiger partial charge in [-0.2, -0.15) is 0 Å². The lowest BCUT2D eigenvalue weighted by Gasteiger charge is -2.16. The number of amides is 1. The van der Waals surface area contributed by atoms with E-state index in [0.717, 1.165) is 5.75 Å². The molecule has 0 aliphatic rings. The number of carbonyl (C=O) groups excluding carboxylic acids is 1. The van der Waals surface area contributed by atoms with Gasteiger partial charge in [0.2, 0.25) is 5.91 Å². The lowest BCUT2D eigenvalue weighted by molar-refractivity contribution is -0.115. The minimum atomic E-state index is -0.372. The number of nitrogens with one attached hydrogen (secondary N) is 1. The van der Waals surface area contributed by atoms with Crippen molar-refractivity contribution in [1.82, 2.24) is 14.8 Å². The molecular weight excluding hydrogens is 416 g/mol. The Balaban J connectivity index is 1.64. The highest BCUT2D eigenvalue weighted by Gasteiger charge is 2.22. The third-order valence-electron chi connectivity index (χ3n) is 4.61. The third-order valence-corrected chi connectivity index (χ3v) is 5.75. The zero-order chi connectivity index (χ0) is 22.4. The maximum Gasteiger partial charge on any atom is 0.237 e. The van der Waals surface area contributed by atoms with E-state index in [1.54, 1.807) is 38.5 Å². The van der Waals surface area contributed by atoms with Gasteiger partial charge in [0.25, 0.3) is 0 Å². The molecule has 1 N–H and O–H groups in total. The van der Waals surface area contributed by atoms with Crippen LogP contribution in [0.15, 0.2) is 53.7 Å². The summed E-state index contributed by atoms with van der Waals surface area (Å²) < 4.78 is 18.3. The number of thioether (sulfide) groups is 1. The van der Waals surface area contributed by atoms with Gasteiger partial charge in [0.05, 0.1) is 19.5 Å². The molecule has 2 aromatic carbocycles. The van der Waals surface area contributed by atoms with E-state index in [2.05, 4.69) is 15.5 Å². The second-order valence-electron chi connectivity index (χ2n) is 6.79. The first kappa shape index (κ1) is 22.5. The van der Waals surface area contributed by atoms with E-state index in [9.17, 15) is 4.79 Å². The van der Waals surface area contributed by atoms with Gasteiger partial charge in [-0.15, -0.1) is 10.2 Å². The Morgan fingerprint density at radius 1 is 1.00 bits per heavy atom. The van der Waals surface area contributed by atoms with Gasteiger partial charge in [0.15, 0.2) is 28.6 Å². The number of carbonyl (C=O) groups is 1. The summed E-state index contributed by atoms with van der Waals surface area (Å²) in [5, 5.41) is 11.7. The number of methoxy groups -OCH3 is 2. The molecule has 0 fully saturated rings. The number of nitrogens with zero attached hydrogens (tertiary/aromatic N) is 3. The Bertz CT molecular complexity index is 1020. The van der Waals surface area contributed by atoms with Crippen LogP contribution in [0.25, 0.3) is 0 Å². The van der Waals surface area contributed by atoms with Crippen molar-refractivity contribution in [2.24, 2.45) is 7.05 Å². The largest absolute Gasteiger partial charge is 0.497 e. The first-order valence-corrected chi connectivity index (χ1v) is 10.6. The van der Waals surface area contributed by atoms with Crippen LogP contribution in [0.4, 0.5) is 5.69 Å². The van der Waals surface area contributed by atoms with Crippen molar-refractivity contribution in [3.8, 4) is 17.2 Å². The van der Waals surface area contributed by atoms with Crippen LogP contribution in [0, 0.1) is 0 Å². The summed E-state index contributed by atoms with van der Waals surface area (Å²) in [7, 11) is 5.06. The molecule has 31 heavy (non-hydrogen) atoms. The second kappa shape index (κ2) is 10.2. The fourth-order valence-corrected chi connectivity index (χ4v) is 3.69. The van der Waals surface area contributed by atoms with E-state index in [4.69, 9.17) is 14.2 Å². The van der Waals surface area contributed by atoms with Crippen LogP contribution in [0.2, 0.25) is 0 Å². The molecule has 0 aliphatic carbocycles. The average molecular weight is 443 g/mol. The molecule has 164 valence electrons. The van der Waals surface area contributed by atoms with E-state index in [1.165, 1.54) is 11.8 Å². The van der Waals surface area contributed by atoms with Gasteiger partial charge in [-0.05, 0) is 50.2 Å². The van der Waals surface area contributed by atoms with Crippen molar-refractivity contribution in [1.29, 1.82) is 0 Å². The average Bonchev–Trinajstić information content (AvgIpc) is 3.14. The lowest BCUT2D eigenvalue weighted by Crippen LogP contribution is -2.22. The van der Waals surface area contributed by atoms with E-state index in [1.807, 2.05) is 49.7 Å². The molecule has 8 nitrogen and oxygen atoms in total. The number of hydrogen-bond acceptors (Lipinski definition) is 7. The molecule has 0 spiro atoms. The lowest BCUT2D eigenvalue weighted by atomic mass is 10.3. The highest BCUT2D eigenvalue weighted by atomic mass is 32.2. The van der Waals surface area contributed by atoms with Crippen molar-refractivity contribution in [3.63, 3.8) is 0 Å². The van der Waals surface area contributed by atoms with Gasteiger partial charge in [-0.1, -0.05) is 23.9 Å². The number of para-hydroxylation sites is 2. The highest BCUT2D eigenvalue weighted by molar-refractivity contribution is 8.00. The summed E-state index contributed by atoms with van der Waals surface area (Å²) in [6.45, 7) is 3.72. The SMILES string of the molecule is COc1ccc(NC(=O)C(C)Sc2nnc(C(C)Oc3ccccc3OC)n2C)cc1. The quantitative estimate of drug-likeness (QED) is 0.499. The molecule has 2 unspecified atom stereocenters. The van der Waals surface area contributed by atoms with Gasteiger partial charge < -0.3 is 24.1 Å². The van der Waals surface area contributed by atoms with Gasteiger partial charge in [0.1, 0.15) is 5.75 Å². The zero-order valence-electron chi connectivity index (χ0n) is 18.2. The Morgan fingerprint density at radius 3 is 2.32 bits per heavy atom. The first-order valence-electron chi connectivity index (χ1n) is 9.73. The molecule has 2 atom stereocenters. The van der Waals surface area contributed by atoms with Crippen molar-refractivity contribution in [3.05, 3.63) is 54.4 Å². The number of benzene rings is 2. The summed E-state index contributed by atoms with van der Waals surface area (Å²) in [6, 6.07) is 14.6.